The molecule has 0 aliphatic rings. The van der Waals surface area contributed by atoms with Crippen molar-refractivity contribution in [1.29, 1.82) is 0 Å². The Bertz CT molecular complexity index is 450. The molecule has 0 aliphatic heterocycles. The fraction of sp³-hybridized carbons (Fsp3) is 0.562. The topological polar surface area (TPSA) is 38.3 Å². The molecule has 0 aliphatic carbocycles. The molecule has 1 aromatic rings. The zero-order chi connectivity index (χ0) is 14.6. The van der Waals surface area contributed by atoms with Crippen molar-refractivity contribution in [2.75, 3.05) is 7.11 Å². The van der Waals surface area contributed by atoms with Gasteiger partial charge >= 0.3 is 5.97 Å². The molecule has 0 spiro atoms. The molecule has 0 aromatic heterocycles. The zero-order valence-corrected chi connectivity index (χ0v) is 12.8. The van der Waals surface area contributed by atoms with Crippen LogP contribution < -0.4 is 5.32 Å². The van der Waals surface area contributed by atoms with E-state index in [0.29, 0.717) is 12.5 Å². The highest BCUT2D eigenvalue weighted by atomic mass is 16.5. The van der Waals surface area contributed by atoms with Crippen molar-refractivity contribution in [1.82, 2.24) is 5.32 Å². The zero-order valence-electron chi connectivity index (χ0n) is 12.8. The van der Waals surface area contributed by atoms with Gasteiger partial charge in [0.1, 0.15) is 5.54 Å². The molecule has 1 N–H and O–H groups in total. The Hall–Kier alpha value is -1.35. The van der Waals surface area contributed by atoms with E-state index < -0.39 is 5.54 Å². The van der Waals surface area contributed by atoms with Crippen LogP contribution in [0.15, 0.2) is 18.2 Å². The first-order valence-corrected chi connectivity index (χ1v) is 6.71. The lowest BCUT2D eigenvalue weighted by Crippen LogP contribution is -2.47. The van der Waals surface area contributed by atoms with Gasteiger partial charge in [-0.2, -0.15) is 0 Å². The summed E-state index contributed by atoms with van der Waals surface area (Å²) in [6, 6.07) is 6.51. The largest absolute Gasteiger partial charge is 0.468 e. The molecular weight excluding hydrogens is 238 g/mol. The van der Waals surface area contributed by atoms with Gasteiger partial charge in [-0.05, 0) is 43.4 Å². The number of nitrogens with one attached hydrogen (secondary N) is 1. The van der Waals surface area contributed by atoms with Crippen LogP contribution in [0.2, 0.25) is 0 Å². The summed E-state index contributed by atoms with van der Waals surface area (Å²) in [5.74, 6) is 0.262. The molecule has 0 unspecified atom stereocenters. The molecule has 3 nitrogen and oxygen atoms in total. The van der Waals surface area contributed by atoms with Crippen molar-refractivity contribution >= 4 is 5.97 Å². The second-order valence-corrected chi connectivity index (χ2v) is 5.81. The first-order valence-electron chi connectivity index (χ1n) is 6.71. The fourth-order valence-corrected chi connectivity index (χ4v) is 1.88. The second kappa shape index (κ2) is 6.20. The second-order valence-electron chi connectivity index (χ2n) is 5.81. The van der Waals surface area contributed by atoms with Gasteiger partial charge in [-0.15, -0.1) is 0 Å². The molecule has 1 rings (SSSR count). The van der Waals surface area contributed by atoms with E-state index in [-0.39, 0.29) is 5.97 Å². The van der Waals surface area contributed by atoms with Crippen molar-refractivity contribution in [3.63, 3.8) is 0 Å². The molecule has 0 fully saturated rings. The number of hydrogen-bond donors (Lipinski definition) is 1. The lowest BCUT2D eigenvalue weighted by Gasteiger charge is -2.24. The molecule has 0 saturated carbocycles. The molecule has 0 saturated heterocycles. The summed E-state index contributed by atoms with van der Waals surface area (Å²) >= 11 is 0. The predicted octanol–water partition coefficient (Wildman–Crippen LogP) is 3.16. The SMILES string of the molecule is COC(=O)C(C)(C)NCc1cc(C(C)C)ccc1C. The summed E-state index contributed by atoms with van der Waals surface area (Å²) in [6.45, 7) is 10.8. The number of aryl methyl sites for hydroxylation is 1. The van der Waals surface area contributed by atoms with Crippen molar-refractivity contribution in [2.45, 2.75) is 52.6 Å². The summed E-state index contributed by atoms with van der Waals surface area (Å²) in [5.41, 5.74) is 3.11. The average Bonchev–Trinajstić information content (AvgIpc) is 2.36. The lowest BCUT2D eigenvalue weighted by atomic mass is 9.97. The molecule has 1 aromatic carbocycles. The molecule has 0 heterocycles. The van der Waals surface area contributed by atoms with Crippen LogP contribution in [-0.4, -0.2) is 18.6 Å². The van der Waals surface area contributed by atoms with E-state index in [9.17, 15) is 4.79 Å². The van der Waals surface area contributed by atoms with Crippen LogP contribution in [0.3, 0.4) is 0 Å². The Labute approximate surface area is 116 Å². The van der Waals surface area contributed by atoms with E-state index in [1.54, 1.807) is 0 Å². The van der Waals surface area contributed by atoms with Crippen molar-refractivity contribution < 1.29 is 9.53 Å². The van der Waals surface area contributed by atoms with Crippen LogP contribution in [0.5, 0.6) is 0 Å². The van der Waals surface area contributed by atoms with Gasteiger partial charge in [0, 0.05) is 6.54 Å². The van der Waals surface area contributed by atoms with E-state index in [1.165, 1.54) is 23.8 Å². The van der Waals surface area contributed by atoms with Crippen molar-refractivity contribution in [3.8, 4) is 0 Å². The Kier molecular flexibility index (Phi) is 5.12. The van der Waals surface area contributed by atoms with Crippen LogP contribution in [0.4, 0.5) is 0 Å². The average molecular weight is 263 g/mol. The van der Waals surface area contributed by atoms with E-state index in [2.05, 4.69) is 44.3 Å². The number of esters is 1. The molecular formula is C16H25NO2. The number of carbonyl (C=O) groups excluding carboxylic acids is 1. The van der Waals surface area contributed by atoms with E-state index in [1.807, 2.05) is 13.8 Å². The van der Waals surface area contributed by atoms with Crippen LogP contribution in [0, 0.1) is 6.92 Å². The van der Waals surface area contributed by atoms with Gasteiger partial charge in [0.25, 0.3) is 0 Å². The van der Waals surface area contributed by atoms with Gasteiger partial charge < -0.3 is 4.74 Å². The minimum Gasteiger partial charge on any atom is -0.468 e. The Morgan fingerprint density at radius 2 is 2.00 bits per heavy atom. The van der Waals surface area contributed by atoms with E-state index in [0.717, 1.165) is 0 Å². The molecule has 3 heteroatoms. The molecule has 19 heavy (non-hydrogen) atoms. The lowest BCUT2D eigenvalue weighted by molar-refractivity contribution is -0.147. The molecule has 0 radical (unpaired) electrons. The Balaban J connectivity index is 2.83. The summed E-state index contributed by atoms with van der Waals surface area (Å²) in [6.07, 6.45) is 0. The maximum atomic E-state index is 11.6. The van der Waals surface area contributed by atoms with Gasteiger partial charge in [0.2, 0.25) is 0 Å². The van der Waals surface area contributed by atoms with Crippen molar-refractivity contribution in [3.05, 3.63) is 34.9 Å². The molecule has 0 atom stereocenters. The third kappa shape index (κ3) is 4.06. The van der Waals surface area contributed by atoms with Crippen LogP contribution >= 0.6 is 0 Å². The number of ether oxygens (including phenoxy) is 1. The third-order valence-corrected chi connectivity index (χ3v) is 3.46. The van der Waals surface area contributed by atoms with Gasteiger partial charge in [0.05, 0.1) is 7.11 Å². The number of benzene rings is 1. The predicted molar refractivity (Wildman–Crippen MR) is 78.2 cm³/mol. The molecule has 0 amide bonds. The first kappa shape index (κ1) is 15.7. The number of hydrogen-bond acceptors (Lipinski definition) is 3. The minimum absolute atomic E-state index is 0.245. The normalized spacial score (nSPS) is 11.7. The summed E-state index contributed by atoms with van der Waals surface area (Å²) in [5, 5.41) is 3.26. The van der Waals surface area contributed by atoms with Crippen molar-refractivity contribution in [2.24, 2.45) is 0 Å². The minimum atomic E-state index is -0.672. The highest BCUT2D eigenvalue weighted by Gasteiger charge is 2.27. The van der Waals surface area contributed by atoms with Crippen LogP contribution in [0.25, 0.3) is 0 Å². The monoisotopic (exact) mass is 263 g/mol. The standard InChI is InChI=1S/C16H25NO2/c1-11(2)13-8-7-12(3)14(9-13)10-17-16(4,5)15(18)19-6/h7-9,11,17H,10H2,1-6H3. The Morgan fingerprint density at radius 1 is 1.37 bits per heavy atom. The summed E-state index contributed by atoms with van der Waals surface area (Å²) < 4.78 is 4.79. The third-order valence-electron chi connectivity index (χ3n) is 3.46. The van der Waals surface area contributed by atoms with Crippen LogP contribution in [-0.2, 0) is 16.1 Å². The smallest absolute Gasteiger partial charge is 0.325 e. The van der Waals surface area contributed by atoms with Crippen LogP contribution in [0.1, 0.15) is 50.3 Å². The molecule has 0 bridgehead atoms. The maximum absolute atomic E-state index is 11.6. The van der Waals surface area contributed by atoms with Gasteiger partial charge in [-0.25, -0.2) is 0 Å². The first-order chi connectivity index (χ1) is 8.77. The van der Waals surface area contributed by atoms with Gasteiger partial charge in [-0.1, -0.05) is 32.0 Å². The van der Waals surface area contributed by atoms with E-state index in [4.69, 9.17) is 4.74 Å². The number of rotatable bonds is 5. The quantitative estimate of drug-likeness (QED) is 0.829. The maximum Gasteiger partial charge on any atom is 0.325 e. The van der Waals surface area contributed by atoms with E-state index >= 15 is 0 Å². The highest BCUT2D eigenvalue weighted by Crippen LogP contribution is 2.19. The fourth-order valence-electron chi connectivity index (χ4n) is 1.88. The molecule has 106 valence electrons. The van der Waals surface area contributed by atoms with Gasteiger partial charge in [-0.3, -0.25) is 10.1 Å². The highest BCUT2D eigenvalue weighted by molar-refractivity contribution is 5.79. The Morgan fingerprint density at radius 3 is 2.53 bits per heavy atom. The summed E-state index contributed by atoms with van der Waals surface area (Å²) in [4.78, 5) is 11.6. The number of carbonyl (C=O) groups is 1. The van der Waals surface area contributed by atoms with Gasteiger partial charge in [0.15, 0.2) is 0 Å². The number of methoxy groups -OCH3 is 1. The summed E-state index contributed by atoms with van der Waals surface area (Å²) in [7, 11) is 1.41.